The number of aryl methyl sites for hydroxylation is 3. The van der Waals surface area contributed by atoms with E-state index in [2.05, 4.69) is 92.4 Å². The Morgan fingerprint density at radius 3 is 2.20 bits per heavy atom. The number of rotatable bonds is 8. The number of ether oxygens (including phenoxy) is 1. The first-order valence-electron chi connectivity index (χ1n) is 10.6. The lowest BCUT2D eigenvalue weighted by atomic mass is 9.94. The van der Waals surface area contributed by atoms with Crippen molar-refractivity contribution in [2.75, 3.05) is 18.6 Å². The van der Waals surface area contributed by atoms with Gasteiger partial charge in [0.05, 0.1) is 7.11 Å². The Kier molecular flexibility index (Phi) is 7.29. The van der Waals surface area contributed by atoms with Gasteiger partial charge in [0.15, 0.2) is 0 Å². The summed E-state index contributed by atoms with van der Waals surface area (Å²) in [6.07, 6.45) is 1.12. The molecule has 0 heterocycles. The fraction of sp³-hybridized carbons (Fsp3) is 0.296. The van der Waals surface area contributed by atoms with Gasteiger partial charge in [0, 0.05) is 25.2 Å². The molecule has 0 aliphatic rings. The Morgan fingerprint density at radius 1 is 0.900 bits per heavy atom. The average Bonchev–Trinajstić information content (AvgIpc) is 2.76. The molecule has 0 amide bonds. The van der Waals surface area contributed by atoms with Gasteiger partial charge in [0.2, 0.25) is 0 Å². The van der Waals surface area contributed by atoms with Gasteiger partial charge in [-0.05, 0) is 78.8 Å². The first-order valence-corrected chi connectivity index (χ1v) is 10.6. The molecule has 0 bridgehead atoms. The number of nitrogens with zero attached hydrogens (tertiary/aromatic N) is 1. The van der Waals surface area contributed by atoms with Crippen molar-refractivity contribution >= 4 is 11.7 Å². The number of carbonyl (C=O) groups excluding carboxylic acids is 1. The van der Waals surface area contributed by atoms with Crippen molar-refractivity contribution in [3.8, 4) is 11.1 Å². The molecular weight excluding hydrogens is 370 g/mol. The van der Waals surface area contributed by atoms with Crippen LogP contribution >= 0.6 is 0 Å². The van der Waals surface area contributed by atoms with Crippen molar-refractivity contribution in [3.63, 3.8) is 0 Å². The highest BCUT2D eigenvalue weighted by molar-refractivity contribution is 5.71. The predicted molar refractivity (Wildman–Crippen MR) is 125 cm³/mol. The van der Waals surface area contributed by atoms with E-state index in [1.54, 1.807) is 0 Å². The highest BCUT2D eigenvalue weighted by Gasteiger charge is 2.10. The molecule has 0 aliphatic heterocycles. The van der Waals surface area contributed by atoms with Gasteiger partial charge in [0.1, 0.15) is 0 Å². The van der Waals surface area contributed by atoms with Gasteiger partial charge in [-0.2, -0.15) is 0 Å². The molecule has 3 aromatic carbocycles. The third-order valence-corrected chi connectivity index (χ3v) is 5.60. The molecule has 0 aliphatic carbocycles. The first kappa shape index (κ1) is 21.6. The van der Waals surface area contributed by atoms with Gasteiger partial charge < -0.3 is 9.64 Å². The fourth-order valence-corrected chi connectivity index (χ4v) is 3.92. The summed E-state index contributed by atoms with van der Waals surface area (Å²) in [5.74, 6) is -0.168. The van der Waals surface area contributed by atoms with E-state index in [-0.39, 0.29) is 5.97 Å². The second-order valence-corrected chi connectivity index (χ2v) is 7.72. The summed E-state index contributed by atoms with van der Waals surface area (Å²) in [5, 5.41) is 0. The molecule has 0 saturated heterocycles. The van der Waals surface area contributed by atoms with Crippen LogP contribution in [0.5, 0.6) is 0 Å². The topological polar surface area (TPSA) is 29.5 Å². The van der Waals surface area contributed by atoms with Crippen LogP contribution in [0.3, 0.4) is 0 Å². The summed E-state index contributed by atoms with van der Waals surface area (Å²) in [7, 11) is 1.43. The zero-order valence-electron chi connectivity index (χ0n) is 18.4. The Bertz CT molecular complexity index is 972. The van der Waals surface area contributed by atoms with E-state index >= 15 is 0 Å². The number of benzene rings is 3. The van der Waals surface area contributed by atoms with E-state index in [9.17, 15) is 4.79 Å². The quantitative estimate of drug-likeness (QED) is 0.427. The average molecular weight is 402 g/mol. The minimum Gasteiger partial charge on any atom is -0.469 e. The smallest absolute Gasteiger partial charge is 0.305 e. The Hall–Kier alpha value is -3.07. The maximum Gasteiger partial charge on any atom is 0.305 e. The van der Waals surface area contributed by atoms with Crippen LogP contribution in [-0.4, -0.2) is 19.6 Å². The molecule has 0 atom stereocenters. The molecular formula is C27H31NO2. The highest BCUT2D eigenvalue weighted by Crippen LogP contribution is 2.28. The van der Waals surface area contributed by atoms with Crippen LogP contribution in [-0.2, 0) is 22.5 Å². The van der Waals surface area contributed by atoms with E-state index in [0.29, 0.717) is 12.8 Å². The van der Waals surface area contributed by atoms with Crippen LogP contribution < -0.4 is 4.90 Å². The predicted octanol–water partition coefficient (Wildman–Crippen LogP) is 6.10. The summed E-state index contributed by atoms with van der Waals surface area (Å²) in [4.78, 5) is 13.7. The molecule has 3 heteroatoms. The van der Waals surface area contributed by atoms with Crippen molar-refractivity contribution in [3.05, 3.63) is 89.0 Å². The molecule has 0 fully saturated rings. The number of anilines is 1. The largest absolute Gasteiger partial charge is 0.469 e. The number of methoxy groups -OCH3 is 1. The number of esters is 1. The Labute approximate surface area is 180 Å². The SMILES string of the molecule is CCN(Cc1cccc(-c2c(C)cccc2C)c1)c1ccc(CCC(=O)OC)cc1. The fourth-order valence-electron chi connectivity index (χ4n) is 3.92. The zero-order chi connectivity index (χ0) is 21.5. The lowest BCUT2D eigenvalue weighted by Gasteiger charge is -2.24. The lowest BCUT2D eigenvalue weighted by Crippen LogP contribution is -2.21. The van der Waals surface area contributed by atoms with E-state index in [1.165, 1.54) is 40.6 Å². The molecule has 3 rings (SSSR count). The number of hydrogen-bond acceptors (Lipinski definition) is 3. The minimum atomic E-state index is -0.168. The van der Waals surface area contributed by atoms with Crippen LogP contribution in [0.2, 0.25) is 0 Å². The molecule has 30 heavy (non-hydrogen) atoms. The van der Waals surface area contributed by atoms with Gasteiger partial charge in [-0.1, -0.05) is 48.5 Å². The maximum absolute atomic E-state index is 11.4. The van der Waals surface area contributed by atoms with Crippen LogP contribution in [0.25, 0.3) is 11.1 Å². The van der Waals surface area contributed by atoms with Crippen molar-refractivity contribution in [1.29, 1.82) is 0 Å². The first-order chi connectivity index (χ1) is 14.5. The molecule has 0 saturated carbocycles. The molecule has 3 aromatic rings. The van der Waals surface area contributed by atoms with E-state index in [4.69, 9.17) is 4.74 Å². The van der Waals surface area contributed by atoms with E-state index in [0.717, 1.165) is 18.7 Å². The summed E-state index contributed by atoms with van der Waals surface area (Å²) in [6.45, 7) is 8.32. The van der Waals surface area contributed by atoms with Crippen LogP contribution in [0, 0.1) is 13.8 Å². The van der Waals surface area contributed by atoms with Gasteiger partial charge in [-0.3, -0.25) is 4.79 Å². The third kappa shape index (κ3) is 5.29. The molecule has 0 aromatic heterocycles. The summed E-state index contributed by atoms with van der Waals surface area (Å²) < 4.78 is 4.73. The van der Waals surface area contributed by atoms with Crippen LogP contribution in [0.1, 0.15) is 35.6 Å². The molecule has 3 nitrogen and oxygen atoms in total. The standard InChI is InChI=1S/C27H31NO2/c1-5-28(25-15-12-22(13-16-25)14-17-26(29)30-4)19-23-10-7-11-24(18-23)27-20(2)8-6-9-21(27)3/h6-13,15-16,18H,5,14,17,19H2,1-4H3. The van der Waals surface area contributed by atoms with Crippen LogP contribution in [0.15, 0.2) is 66.7 Å². The highest BCUT2D eigenvalue weighted by atomic mass is 16.5. The molecule has 0 spiro atoms. The van der Waals surface area contributed by atoms with Gasteiger partial charge in [0.25, 0.3) is 0 Å². The van der Waals surface area contributed by atoms with Gasteiger partial charge in [-0.25, -0.2) is 0 Å². The van der Waals surface area contributed by atoms with E-state index in [1.807, 2.05) is 0 Å². The van der Waals surface area contributed by atoms with Crippen molar-refractivity contribution < 1.29 is 9.53 Å². The maximum atomic E-state index is 11.4. The van der Waals surface area contributed by atoms with Gasteiger partial charge in [-0.15, -0.1) is 0 Å². The summed E-state index contributed by atoms with van der Waals surface area (Å²) in [6, 6.07) is 23.8. The molecule has 0 unspecified atom stereocenters. The Balaban J connectivity index is 1.75. The monoisotopic (exact) mass is 401 g/mol. The second kappa shape index (κ2) is 10.1. The molecule has 0 N–H and O–H groups in total. The van der Waals surface area contributed by atoms with E-state index < -0.39 is 0 Å². The Morgan fingerprint density at radius 2 is 1.57 bits per heavy atom. The summed E-state index contributed by atoms with van der Waals surface area (Å²) >= 11 is 0. The minimum absolute atomic E-state index is 0.168. The van der Waals surface area contributed by atoms with Crippen molar-refractivity contribution in [1.82, 2.24) is 0 Å². The van der Waals surface area contributed by atoms with Crippen LogP contribution in [0.4, 0.5) is 5.69 Å². The molecule has 0 radical (unpaired) electrons. The third-order valence-electron chi connectivity index (χ3n) is 5.60. The lowest BCUT2D eigenvalue weighted by molar-refractivity contribution is -0.140. The number of carbonyl (C=O) groups is 1. The normalized spacial score (nSPS) is 10.7. The summed E-state index contributed by atoms with van der Waals surface area (Å²) in [5.41, 5.74) is 8.86. The second-order valence-electron chi connectivity index (χ2n) is 7.72. The zero-order valence-corrected chi connectivity index (χ0v) is 18.4. The van der Waals surface area contributed by atoms with Crippen molar-refractivity contribution in [2.24, 2.45) is 0 Å². The molecule has 156 valence electrons. The van der Waals surface area contributed by atoms with Crippen molar-refractivity contribution in [2.45, 2.75) is 40.2 Å². The number of hydrogen-bond donors (Lipinski definition) is 0. The van der Waals surface area contributed by atoms with Gasteiger partial charge >= 0.3 is 5.97 Å².